The summed E-state index contributed by atoms with van der Waals surface area (Å²) in [4.78, 5) is 22.5. The Labute approximate surface area is 127 Å². The van der Waals surface area contributed by atoms with Gasteiger partial charge in [-0.1, -0.05) is 37.3 Å². The molecule has 112 valence electrons. The highest BCUT2D eigenvalue weighted by atomic mass is 16.6. The fourth-order valence-corrected chi connectivity index (χ4v) is 3.02. The van der Waals surface area contributed by atoms with Crippen LogP contribution in [0.4, 0.5) is 5.69 Å². The molecule has 2 unspecified atom stereocenters. The lowest BCUT2D eigenvalue weighted by atomic mass is 9.67. The first-order chi connectivity index (χ1) is 10.6. The number of hydrogen-bond donors (Lipinski definition) is 0. The van der Waals surface area contributed by atoms with E-state index >= 15 is 0 Å². The maximum atomic E-state index is 12.2. The van der Waals surface area contributed by atoms with Gasteiger partial charge in [0.2, 0.25) is 0 Å². The first kappa shape index (κ1) is 14.3. The molecule has 2 atom stereocenters. The Morgan fingerprint density at radius 1 is 1.14 bits per heavy atom. The van der Waals surface area contributed by atoms with Gasteiger partial charge < -0.3 is 4.74 Å². The Morgan fingerprint density at radius 3 is 2.27 bits per heavy atom. The molecule has 1 fully saturated rings. The number of nitro benzene ring substituents is 1. The fourth-order valence-electron chi connectivity index (χ4n) is 3.02. The van der Waals surface area contributed by atoms with Gasteiger partial charge in [-0.25, -0.2) is 0 Å². The molecule has 0 radical (unpaired) electrons. The number of nitro groups is 1. The monoisotopic (exact) mass is 297 g/mol. The van der Waals surface area contributed by atoms with Crippen molar-refractivity contribution in [3.05, 3.63) is 75.8 Å². The maximum absolute atomic E-state index is 12.2. The summed E-state index contributed by atoms with van der Waals surface area (Å²) >= 11 is 0. The van der Waals surface area contributed by atoms with Crippen molar-refractivity contribution in [2.24, 2.45) is 0 Å². The van der Waals surface area contributed by atoms with Gasteiger partial charge in [0.1, 0.15) is 11.5 Å². The number of hydrogen-bond acceptors (Lipinski definition) is 4. The molecule has 1 saturated heterocycles. The SMILES string of the molecule is CCC1(c2ccccc2)C(=O)OC1c1ccc([N+](=O)[O-])cc1. The highest BCUT2D eigenvalue weighted by molar-refractivity contribution is 5.90. The van der Waals surface area contributed by atoms with Gasteiger partial charge >= 0.3 is 5.97 Å². The van der Waals surface area contributed by atoms with Gasteiger partial charge in [-0.05, 0) is 29.7 Å². The molecule has 22 heavy (non-hydrogen) atoms. The molecule has 0 aromatic heterocycles. The van der Waals surface area contributed by atoms with Crippen LogP contribution in [0, 0.1) is 10.1 Å². The van der Waals surface area contributed by atoms with Crippen LogP contribution in [0.5, 0.6) is 0 Å². The van der Waals surface area contributed by atoms with Crippen LogP contribution in [-0.4, -0.2) is 10.9 Å². The quantitative estimate of drug-likeness (QED) is 0.491. The molecular weight excluding hydrogens is 282 g/mol. The Balaban J connectivity index is 2.00. The molecule has 5 heteroatoms. The van der Waals surface area contributed by atoms with Gasteiger partial charge in [-0.3, -0.25) is 14.9 Å². The number of carbonyl (C=O) groups is 1. The predicted octanol–water partition coefficient (Wildman–Crippen LogP) is 3.54. The zero-order valence-electron chi connectivity index (χ0n) is 12.1. The molecular formula is C17H15NO4. The summed E-state index contributed by atoms with van der Waals surface area (Å²) in [5, 5.41) is 10.7. The number of rotatable bonds is 4. The van der Waals surface area contributed by atoms with Crippen LogP contribution in [0.1, 0.15) is 30.6 Å². The van der Waals surface area contributed by atoms with E-state index in [1.807, 2.05) is 37.3 Å². The number of nitrogens with zero attached hydrogens (tertiary/aromatic N) is 1. The first-order valence-electron chi connectivity index (χ1n) is 7.10. The second-order valence-electron chi connectivity index (χ2n) is 5.32. The van der Waals surface area contributed by atoms with Crippen LogP contribution in [0.2, 0.25) is 0 Å². The largest absolute Gasteiger partial charge is 0.455 e. The minimum atomic E-state index is -0.711. The summed E-state index contributed by atoms with van der Waals surface area (Å²) < 4.78 is 5.38. The van der Waals surface area contributed by atoms with E-state index in [2.05, 4.69) is 0 Å². The van der Waals surface area contributed by atoms with E-state index in [1.54, 1.807) is 12.1 Å². The van der Waals surface area contributed by atoms with Crippen molar-refractivity contribution in [2.75, 3.05) is 0 Å². The molecule has 1 aliphatic rings. The van der Waals surface area contributed by atoms with Crippen LogP contribution in [0.15, 0.2) is 54.6 Å². The fraction of sp³-hybridized carbons (Fsp3) is 0.235. The Morgan fingerprint density at radius 2 is 1.77 bits per heavy atom. The van der Waals surface area contributed by atoms with E-state index in [4.69, 9.17) is 4.74 Å². The van der Waals surface area contributed by atoms with Crippen LogP contribution < -0.4 is 0 Å². The van der Waals surface area contributed by atoms with Crippen molar-refractivity contribution in [2.45, 2.75) is 24.9 Å². The van der Waals surface area contributed by atoms with Crippen LogP contribution >= 0.6 is 0 Å². The predicted molar refractivity (Wildman–Crippen MR) is 80.3 cm³/mol. The molecule has 0 bridgehead atoms. The summed E-state index contributed by atoms with van der Waals surface area (Å²) in [6.45, 7) is 1.95. The standard InChI is InChI=1S/C17H15NO4/c1-2-17(13-6-4-3-5-7-13)15(22-16(17)19)12-8-10-14(11-9-12)18(20)21/h3-11,15H,2H2,1H3. The summed E-state index contributed by atoms with van der Waals surface area (Å²) in [5.74, 6) is -0.246. The molecule has 0 saturated carbocycles. The van der Waals surface area contributed by atoms with Gasteiger partial charge in [-0.15, -0.1) is 0 Å². The second-order valence-corrected chi connectivity index (χ2v) is 5.32. The van der Waals surface area contributed by atoms with Crippen molar-refractivity contribution in [3.63, 3.8) is 0 Å². The average molecular weight is 297 g/mol. The molecule has 2 aromatic carbocycles. The van der Waals surface area contributed by atoms with E-state index in [1.165, 1.54) is 12.1 Å². The third-order valence-corrected chi connectivity index (χ3v) is 4.29. The topological polar surface area (TPSA) is 69.4 Å². The molecule has 2 aromatic rings. The number of benzene rings is 2. The van der Waals surface area contributed by atoms with Crippen LogP contribution in [0.25, 0.3) is 0 Å². The minimum absolute atomic E-state index is 0.0243. The summed E-state index contributed by atoms with van der Waals surface area (Å²) in [6.07, 6.45) is 0.200. The van der Waals surface area contributed by atoms with Crippen molar-refractivity contribution >= 4 is 11.7 Å². The Kier molecular flexibility index (Phi) is 3.41. The third kappa shape index (κ3) is 1.97. The molecule has 1 heterocycles. The highest BCUT2D eigenvalue weighted by Gasteiger charge is 2.58. The summed E-state index contributed by atoms with van der Waals surface area (Å²) in [5.41, 5.74) is 1.00. The minimum Gasteiger partial charge on any atom is -0.455 e. The molecule has 0 N–H and O–H groups in total. The zero-order valence-corrected chi connectivity index (χ0v) is 12.1. The Hall–Kier alpha value is -2.69. The van der Waals surface area contributed by atoms with Gasteiger partial charge in [0.15, 0.2) is 0 Å². The molecule has 0 amide bonds. The lowest BCUT2D eigenvalue weighted by molar-refractivity contribution is -0.384. The first-order valence-corrected chi connectivity index (χ1v) is 7.10. The lowest BCUT2D eigenvalue weighted by Crippen LogP contribution is -2.54. The van der Waals surface area contributed by atoms with E-state index in [0.29, 0.717) is 6.42 Å². The van der Waals surface area contributed by atoms with Crippen molar-refractivity contribution in [1.82, 2.24) is 0 Å². The molecule has 3 rings (SSSR count). The van der Waals surface area contributed by atoms with Gasteiger partial charge in [0.05, 0.1) is 4.92 Å². The second kappa shape index (κ2) is 5.26. The number of ether oxygens (including phenoxy) is 1. The smallest absolute Gasteiger partial charge is 0.321 e. The lowest BCUT2D eigenvalue weighted by Gasteiger charge is -2.47. The normalized spacial score (nSPS) is 23.5. The van der Waals surface area contributed by atoms with E-state index in [9.17, 15) is 14.9 Å². The van der Waals surface area contributed by atoms with Crippen molar-refractivity contribution < 1.29 is 14.5 Å². The van der Waals surface area contributed by atoms with Crippen LogP contribution in [-0.2, 0) is 14.9 Å². The number of non-ortho nitro benzene ring substituents is 1. The highest BCUT2D eigenvalue weighted by Crippen LogP contribution is 2.51. The Bertz CT molecular complexity index is 711. The zero-order chi connectivity index (χ0) is 15.7. The van der Waals surface area contributed by atoms with E-state index < -0.39 is 16.4 Å². The van der Waals surface area contributed by atoms with Crippen LogP contribution in [0.3, 0.4) is 0 Å². The molecule has 0 aliphatic carbocycles. The average Bonchev–Trinajstić information content (AvgIpc) is 2.54. The number of cyclic esters (lactones) is 1. The molecule has 5 nitrogen and oxygen atoms in total. The van der Waals surface area contributed by atoms with E-state index in [0.717, 1.165) is 11.1 Å². The van der Waals surface area contributed by atoms with Crippen molar-refractivity contribution in [3.8, 4) is 0 Å². The van der Waals surface area contributed by atoms with Gasteiger partial charge in [0.25, 0.3) is 5.69 Å². The van der Waals surface area contributed by atoms with E-state index in [-0.39, 0.29) is 11.7 Å². The van der Waals surface area contributed by atoms with Gasteiger partial charge in [0, 0.05) is 12.1 Å². The number of esters is 1. The maximum Gasteiger partial charge on any atom is 0.321 e. The van der Waals surface area contributed by atoms with Crippen molar-refractivity contribution in [1.29, 1.82) is 0 Å². The number of carbonyl (C=O) groups excluding carboxylic acids is 1. The molecule has 1 aliphatic heterocycles. The van der Waals surface area contributed by atoms with Gasteiger partial charge in [-0.2, -0.15) is 0 Å². The molecule has 0 spiro atoms. The summed E-state index contributed by atoms with van der Waals surface area (Å²) in [7, 11) is 0. The third-order valence-electron chi connectivity index (χ3n) is 4.29. The summed E-state index contributed by atoms with van der Waals surface area (Å²) in [6, 6.07) is 15.7.